The minimum atomic E-state index is -0.484. The van der Waals surface area contributed by atoms with Crippen LogP contribution in [0.25, 0.3) is 4.96 Å². The van der Waals surface area contributed by atoms with Crippen LogP contribution >= 0.6 is 11.3 Å². The molecule has 0 radical (unpaired) electrons. The second kappa shape index (κ2) is 5.75. The van der Waals surface area contributed by atoms with Gasteiger partial charge < -0.3 is 10.4 Å². The average molecular weight is 287 g/mol. The molecule has 2 N–H and O–H groups in total. The number of hydrogen-bond donors (Lipinski definition) is 2. The van der Waals surface area contributed by atoms with Crippen LogP contribution in [-0.4, -0.2) is 21.0 Å². The standard InChI is InChI=1S/C15H17N3OS/c1-11-13(18-7-8-20-15(18)17-11)9-16-10-14(19)12-5-3-2-4-6-12/h2-8,14,16,19H,9-10H2,1H3. The highest BCUT2D eigenvalue weighted by Gasteiger charge is 2.10. The van der Waals surface area contributed by atoms with Gasteiger partial charge in [0, 0.05) is 24.7 Å². The molecule has 0 saturated heterocycles. The third kappa shape index (κ3) is 2.60. The predicted octanol–water partition coefficient (Wildman–Crippen LogP) is 2.53. The van der Waals surface area contributed by atoms with Crippen LogP contribution in [0.1, 0.15) is 23.1 Å². The van der Waals surface area contributed by atoms with Gasteiger partial charge in [-0.1, -0.05) is 30.3 Å². The number of aliphatic hydroxyl groups excluding tert-OH is 1. The van der Waals surface area contributed by atoms with Crippen molar-refractivity contribution in [2.24, 2.45) is 0 Å². The van der Waals surface area contributed by atoms with E-state index >= 15 is 0 Å². The molecule has 2 aromatic heterocycles. The van der Waals surface area contributed by atoms with Gasteiger partial charge >= 0.3 is 0 Å². The summed E-state index contributed by atoms with van der Waals surface area (Å²) in [7, 11) is 0. The summed E-state index contributed by atoms with van der Waals surface area (Å²) in [6.07, 6.45) is 1.55. The van der Waals surface area contributed by atoms with Gasteiger partial charge in [-0.2, -0.15) is 0 Å². The smallest absolute Gasteiger partial charge is 0.194 e. The van der Waals surface area contributed by atoms with Crippen LogP contribution in [0.4, 0.5) is 0 Å². The Balaban J connectivity index is 1.63. The third-order valence-corrected chi connectivity index (χ3v) is 4.13. The lowest BCUT2D eigenvalue weighted by atomic mass is 10.1. The number of imidazole rings is 1. The van der Waals surface area contributed by atoms with Crippen LogP contribution in [0.15, 0.2) is 41.9 Å². The molecule has 0 fully saturated rings. The molecule has 1 unspecified atom stereocenters. The van der Waals surface area contributed by atoms with E-state index in [1.165, 1.54) is 0 Å². The Bertz CT molecular complexity index is 690. The van der Waals surface area contributed by atoms with E-state index in [4.69, 9.17) is 0 Å². The quantitative estimate of drug-likeness (QED) is 0.758. The molecular formula is C15H17N3OS. The molecule has 2 heterocycles. The van der Waals surface area contributed by atoms with Crippen LogP contribution in [-0.2, 0) is 6.54 Å². The summed E-state index contributed by atoms with van der Waals surface area (Å²) in [4.78, 5) is 5.52. The number of aryl methyl sites for hydroxylation is 1. The Hall–Kier alpha value is -1.69. The summed E-state index contributed by atoms with van der Waals surface area (Å²) in [5, 5.41) is 15.4. The molecule has 3 rings (SSSR count). The Morgan fingerprint density at radius 1 is 1.35 bits per heavy atom. The molecule has 0 bridgehead atoms. The summed E-state index contributed by atoms with van der Waals surface area (Å²) in [6, 6.07) is 9.71. The highest BCUT2D eigenvalue weighted by atomic mass is 32.1. The number of fused-ring (bicyclic) bond motifs is 1. The largest absolute Gasteiger partial charge is 0.387 e. The first-order valence-electron chi connectivity index (χ1n) is 6.60. The summed E-state index contributed by atoms with van der Waals surface area (Å²) >= 11 is 1.63. The molecule has 1 atom stereocenters. The Kier molecular flexibility index (Phi) is 3.82. The van der Waals surface area contributed by atoms with Gasteiger partial charge in [0.05, 0.1) is 17.5 Å². The molecule has 0 saturated carbocycles. The van der Waals surface area contributed by atoms with Gasteiger partial charge in [0.1, 0.15) is 0 Å². The van der Waals surface area contributed by atoms with Crippen molar-refractivity contribution in [3.63, 3.8) is 0 Å². The van der Waals surface area contributed by atoms with Crippen LogP contribution < -0.4 is 5.32 Å². The fourth-order valence-electron chi connectivity index (χ4n) is 2.27. The van der Waals surface area contributed by atoms with E-state index in [1.807, 2.05) is 48.8 Å². The van der Waals surface area contributed by atoms with Crippen LogP contribution in [0.3, 0.4) is 0 Å². The highest BCUT2D eigenvalue weighted by Crippen LogP contribution is 2.17. The number of thiazole rings is 1. The van der Waals surface area contributed by atoms with Crippen molar-refractivity contribution in [1.29, 1.82) is 0 Å². The zero-order valence-electron chi connectivity index (χ0n) is 11.3. The topological polar surface area (TPSA) is 49.6 Å². The molecule has 0 aliphatic carbocycles. The Morgan fingerprint density at radius 2 is 2.15 bits per heavy atom. The molecule has 1 aromatic carbocycles. The number of benzene rings is 1. The average Bonchev–Trinajstić information content (AvgIpc) is 3.02. The van der Waals surface area contributed by atoms with Crippen molar-refractivity contribution in [2.75, 3.05) is 6.54 Å². The second-order valence-corrected chi connectivity index (χ2v) is 5.63. The third-order valence-electron chi connectivity index (χ3n) is 3.38. The first-order valence-corrected chi connectivity index (χ1v) is 7.48. The lowest BCUT2D eigenvalue weighted by Gasteiger charge is -2.12. The molecule has 104 valence electrons. The van der Waals surface area contributed by atoms with Crippen LogP contribution in [0.5, 0.6) is 0 Å². The van der Waals surface area contributed by atoms with Crippen molar-refractivity contribution < 1.29 is 5.11 Å². The van der Waals surface area contributed by atoms with E-state index in [0.717, 1.165) is 21.9 Å². The van der Waals surface area contributed by atoms with Gasteiger partial charge in [-0.3, -0.25) is 4.40 Å². The van der Waals surface area contributed by atoms with E-state index < -0.39 is 6.10 Å². The van der Waals surface area contributed by atoms with Crippen molar-refractivity contribution >= 4 is 16.3 Å². The molecule has 5 heteroatoms. The first-order chi connectivity index (χ1) is 9.75. The maximum Gasteiger partial charge on any atom is 0.194 e. The molecule has 20 heavy (non-hydrogen) atoms. The molecular weight excluding hydrogens is 270 g/mol. The summed E-state index contributed by atoms with van der Waals surface area (Å²) < 4.78 is 2.10. The predicted molar refractivity (Wildman–Crippen MR) is 80.9 cm³/mol. The maximum atomic E-state index is 10.1. The molecule has 0 aliphatic rings. The maximum absolute atomic E-state index is 10.1. The number of aromatic nitrogens is 2. The number of nitrogens with one attached hydrogen (secondary N) is 1. The second-order valence-electron chi connectivity index (χ2n) is 4.76. The zero-order chi connectivity index (χ0) is 13.9. The van der Waals surface area contributed by atoms with Gasteiger partial charge in [0.25, 0.3) is 0 Å². The fourth-order valence-corrected chi connectivity index (χ4v) is 3.05. The van der Waals surface area contributed by atoms with Gasteiger partial charge in [-0.05, 0) is 12.5 Å². The van der Waals surface area contributed by atoms with E-state index in [1.54, 1.807) is 11.3 Å². The summed E-state index contributed by atoms with van der Waals surface area (Å²) in [5.41, 5.74) is 3.13. The van der Waals surface area contributed by atoms with Crippen molar-refractivity contribution in [3.8, 4) is 0 Å². The normalized spacial score (nSPS) is 12.9. The van der Waals surface area contributed by atoms with E-state index in [2.05, 4.69) is 14.7 Å². The molecule has 0 aliphatic heterocycles. The minimum Gasteiger partial charge on any atom is -0.387 e. The molecule has 0 spiro atoms. The fraction of sp³-hybridized carbons (Fsp3) is 0.267. The van der Waals surface area contributed by atoms with Crippen LogP contribution in [0.2, 0.25) is 0 Å². The Labute approximate surface area is 121 Å². The number of rotatable bonds is 5. The van der Waals surface area contributed by atoms with Crippen molar-refractivity contribution in [3.05, 3.63) is 58.9 Å². The number of aliphatic hydroxyl groups is 1. The van der Waals surface area contributed by atoms with Crippen molar-refractivity contribution in [2.45, 2.75) is 19.6 Å². The summed E-state index contributed by atoms with van der Waals surface area (Å²) in [6.45, 7) is 3.25. The number of nitrogens with zero attached hydrogens (tertiary/aromatic N) is 2. The van der Waals surface area contributed by atoms with Gasteiger partial charge in [-0.25, -0.2) is 4.98 Å². The van der Waals surface area contributed by atoms with E-state index in [9.17, 15) is 5.11 Å². The molecule has 4 nitrogen and oxygen atoms in total. The molecule has 3 aromatic rings. The van der Waals surface area contributed by atoms with E-state index in [0.29, 0.717) is 13.1 Å². The first kappa shape index (κ1) is 13.3. The van der Waals surface area contributed by atoms with Gasteiger partial charge in [0.15, 0.2) is 4.96 Å². The zero-order valence-corrected chi connectivity index (χ0v) is 12.1. The minimum absolute atomic E-state index is 0.484. The van der Waals surface area contributed by atoms with E-state index in [-0.39, 0.29) is 0 Å². The summed E-state index contributed by atoms with van der Waals surface area (Å²) in [5.74, 6) is 0. The highest BCUT2D eigenvalue weighted by molar-refractivity contribution is 7.15. The Morgan fingerprint density at radius 3 is 2.95 bits per heavy atom. The van der Waals surface area contributed by atoms with Gasteiger partial charge in [-0.15, -0.1) is 11.3 Å². The number of hydrogen-bond acceptors (Lipinski definition) is 4. The van der Waals surface area contributed by atoms with Crippen molar-refractivity contribution in [1.82, 2.24) is 14.7 Å². The lowest BCUT2D eigenvalue weighted by molar-refractivity contribution is 0.174. The van der Waals surface area contributed by atoms with Crippen LogP contribution in [0, 0.1) is 6.92 Å². The lowest BCUT2D eigenvalue weighted by Crippen LogP contribution is -2.22. The monoisotopic (exact) mass is 287 g/mol. The van der Waals surface area contributed by atoms with Gasteiger partial charge in [0.2, 0.25) is 0 Å². The SMILES string of the molecule is Cc1nc2sccn2c1CNCC(O)c1ccccc1. The molecule has 0 amide bonds.